The van der Waals surface area contributed by atoms with Gasteiger partial charge in [0.25, 0.3) is 11.5 Å². The molecule has 0 saturated carbocycles. The van der Waals surface area contributed by atoms with Crippen LogP contribution < -0.4 is 21.5 Å². The van der Waals surface area contributed by atoms with E-state index in [0.717, 1.165) is 38.8 Å². The molecule has 47 heavy (non-hydrogen) atoms. The molecule has 242 valence electrons. The van der Waals surface area contributed by atoms with Crippen LogP contribution in [0, 0.1) is 22.3 Å². The molecule has 0 spiro atoms. The van der Waals surface area contributed by atoms with E-state index in [0.29, 0.717) is 27.9 Å². The largest absolute Gasteiger partial charge is 0.351 e. The standard InChI is InChI=1S/C35H34F2IN7O2/c1-19-9-11-21(40-32(47)20-10-13-27(38)39-18-20)15-24(19)29-23-12-14-28(46)45(30-25(36)7-6-8-26(30)37)31(23)43-33(42-29)41-22-16-34(2,3)44-35(4,5)17-22/h6-15,18,22,44H,16-17H2,1-5H3,(H,40,47)(H,41,42,43). The van der Waals surface area contributed by atoms with Gasteiger partial charge in [0, 0.05) is 46.0 Å². The van der Waals surface area contributed by atoms with Gasteiger partial charge >= 0.3 is 0 Å². The number of rotatable bonds is 6. The smallest absolute Gasteiger partial charge is 0.257 e. The van der Waals surface area contributed by atoms with Crippen LogP contribution in [0.2, 0.25) is 0 Å². The fraction of sp³-hybridized carbons (Fsp3) is 0.286. The third-order valence-electron chi connectivity index (χ3n) is 8.18. The number of para-hydroxylation sites is 1. The number of nitrogens with one attached hydrogen (secondary N) is 3. The second kappa shape index (κ2) is 12.4. The van der Waals surface area contributed by atoms with E-state index in [1.165, 1.54) is 18.3 Å². The van der Waals surface area contributed by atoms with Gasteiger partial charge in [0.05, 0.1) is 11.3 Å². The number of aryl methyl sites for hydroxylation is 1. The Bertz CT molecular complexity index is 2040. The number of pyridine rings is 2. The molecule has 1 aliphatic heterocycles. The number of halogens is 3. The second-order valence-corrected chi connectivity index (χ2v) is 14.3. The number of benzene rings is 2. The maximum atomic E-state index is 15.2. The zero-order chi connectivity index (χ0) is 33.7. The Balaban J connectivity index is 1.53. The zero-order valence-corrected chi connectivity index (χ0v) is 28.7. The van der Waals surface area contributed by atoms with Gasteiger partial charge in [-0.3, -0.25) is 14.2 Å². The number of fused-ring (bicyclic) bond motifs is 1. The van der Waals surface area contributed by atoms with E-state index in [9.17, 15) is 9.59 Å². The number of piperidine rings is 1. The Morgan fingerprint density at radius 1 is 0.979 bits per heavy atom. The lowest BCUT2D eigenvalue weighted by molar-refractivity contribution is 0.102. The number of anilines is 2. The monoisotopic (exact) mass is 749 g/mol. The molecule has 0 bridgehead atoms. The van der Waals surface area contributed by atoms with Crippen molar-refractivity contribution in [2.45, 2.75) is 64.6 Å². The first-order valence-electron chi connectivity index (χ1n) is 15.2. The maximum Gasteiger partial charge on any atom is 0.257 e. The van der Waals surface area contributed by atoms with Gasteiger partial charge in [0.15, 0.2) is 5.65 Å². The minimum absolute atomic E-state index is 0.0419. The fourth-order valence-corrected chi connectivity index (χ4v) is 6.90. The number of hydrogen-bond donors (Lipinski definition) is 3. The average molecular weight is 750 g/mol. The van der Waals surface area contributed by atoms with Gasteiger partial charge in [-0.15, -0.1) is 0 Å². The first kappa shape index (κ1) is 32.6. The third kappa shape index (κ3) is 6.89. The van der Waals surface area contributed by atoms with Gasteiger partial charge in [-0.05, 0) is 118 Å². The molecule has 5 aromatic rings. The summed E-state index contributed by atoms with van der Waals surface area (Å²) in [6.45, 7) is 10.4. The van der Waals surface area contributed by atoms with Crippen molar-refractivity contribution >= 4 is 51.2 Å². The Morgan fingerprint density at radius 2 is 1.68 bits per heavy atom. The van der Waals surface area contributed by atoms with E-state index in [4.69, 9.17) is 9.97 Å². The van der Waals surface area contributed by atoms with Crippen molar-refractivity contribution in [1.29, 1.82) is 0 Å². The molecule has 9 nitrogen and oxygen atoms in total. The van der Waals surface area contributed by atoms with E-state index in [1.54, 1.807) is 30.3 Å². The second-order valence-electron chi connectivity index (χ2n) is 13.2. The maximum absolute atomic E-state index is 15.2. The number of carbonyl (C=O) groups excluding carboxylic acids is 1. The summed E-state index contributed by atoms with van der Waals surface area (Å²) in [5, 5.41) is 10.5. The fourth-order valence-electron chi connectivity index (χ4n) is 6.58. The molecule has 1 fully saturated rings. The summed E-state index contributed by atoms with van der Waals surface area (Å²) in [6, 6.07) is 15.1. The zero-order valence-electron chi connectivity index (χ0n) is 26.6. The van der Waals surface area contributed by atoms with Crippen LogP contribution in [0.5, 0.6) is 0 Å². The summed E-state index contributed by atoms with van der Waals surface area (Å²) in [6.07, 6.45) is 3.02. The number of carbonyl (C=O) groups is 1. The molecule has 3 N–H and O–H groups in total. The summed E-state index contributed by atoms with van der Waals surface area (Å²) in [5.41, 5.74) is 1.30. The molecule has 1 saturated heterocycles. The van der Waals surface area contributed by atoms with Crippen molar-refractivity contribution in [1.82, 2.24) is 24.8 Å². The molecule has 1 amide bonds. The van der Waals surface area contributed by atoms with E-state index in [-0.39, 0.29) is 34.6 Å². The van der Waals surface area contributed by atoms with Crippen LogP contribution in [-0.2, 0) is 0 Å². The lowest BCUT2D eigenvalue weighted by Crippen LogP contribution is -2.60. The van der Waals surface area contributed by atoms with Crippen LogP contribution in [0.15, 0.2) is 71.7 Å². The van der Waals surface area contributed by atoms with Crippen LogP contribution in [-0.4, -0.2) is 42.5 Å². The highest BCUT2D eigenvalue weighted by molar-refractivity contribution is 14.1. The molecule has 3 aromatic heterocycles. The lowest BCUT2D eigenvalue weighted by Gasteiger charge is -2.46. The highest BCUT2D eigenvalue weighted by Crippen LogP contribution is 2.35. The number of amides is 1. The Kier molecular flexibility index (Phi) is 8.60. The quantitative estimate of drug-likeness (QED) is 0.127. The third-order valence-corrected chi connectivity index (χ3v) is 8.81. The first-order valence-corrected chi connectivity index (χ1v) is 16.3. The highest BCUT2D eigenvalue weighted by Gasteiger charge is 2.38. The van der Waals surface area contributed by atoms with Crippen LogP contribution in [0.4, 0.5) is 20.4 Å². The molecule has 0 unspecified atom stereocenters. The summed E-state index contributed by atoms with van der Waals surface area (Å²) in [5.74, 6) is -1.93. The minimum Gasteiger partial charge on any atom is -0.351 e. The number of aromatic nitrogens is 4. The summed E-state index contributed by atoms with van der Waals surface area (Å²) < 4.78 is 32.1. The molecule has 0 aliphatic carbocycles. The Hall–Kier alpha value is -4.30. The minimum atomic E-state index is -0.901. The van der Waals surface area contributed by atoms with Crippen LogP contribution >= 0.6 is 22.6 Å². The molecular formula is C35H34F2IN7O2. The molecule has 2 aromatic carbocycles. The average Bonchev–Trinajstić information content (AvgIpc) is 2.97. The predicted octanol–water partition coefficient (Wildman–Crippen LogP) is 7.01. The van der Waals surface area contributed by atoms with Crippen molar-refractivity contribution in [2.75, 3.05) is 10.6 Å². The van der Waals surface area contributed by atoms with Crippen LogP contribution in [0.3, 0.4) is 0 Å². The summed E-state index contributed by atoms with van der Waals surface area (Å²) >= 11 is 2.07. The highest BCUT2D eigenvalue weighted by atomic mass is 127. The Morgan fingerprint density at radius 3 is 2.34 bits per heavy atom. The predicted molar refractivity (Wildman–Crippen MR) is 188 cm³/mol. The Labute approximate surface area is 284 Å². The molecule has 1 aliphatic rings. The topological polar surface area (TPSA) is 114 Å². The van der Waals surface area contributed by atoms with Crippen molar-refractivity contribution in [2.24, 2.45) is 0 Å². The molecule has 12 heteroatoms. The van der Waals surface area contributed by atoms with E-state index in [1.807, 2.05) is 13.0 Å². The van der Waals surface area contributed by atoms with Gasteiger partial charge in [0.2, 0.25) is 5.95 Å². The molecule has 6 rings (SSSR count). The van der Waals surface area contributed by atoms with Crippen LogP contribution in [0.1, 0.15) is 56.5 Å². The molecule has 0 atom stereocenters. The van der Waals surface area contributed by atoms with Crippen molar-refractivity contribution in [3.8, 4) is 16.9 Å². The number of nitrogens with zero attached hydrogens (tertiary/aromatic N) is 4. The number of hydrogen-bond acceptors (Lipinski definition) is 7. The van der Waals surface area contributed by atoms with E-state index >= 15 is 8.78 Å². The molecule has 4 heterocycles. The van der Waals surface area contributed by atoms with Crippen molar-refractivity contribution < 1.29 is 13.6 Å². The van der Waals surface area contributed by atoms with Crippen molar-refractivity contribution in [3.63, 3.8) is 0 Å². The molecular weight excluding hydrogens is 715 g/mol. The van der Waals surface area contributed by atoms with Gasteiger partial charge < -0.3 is 16.0 Å². The SMILES string of the molecule is Cc1ccc(NC(=O)c2ccc(I)nc2)cc1-c1nc(NC2CC(C)(C)NC(C)(C)C2)nc2c1ccc(=O)n2-c1c(F)cccc1F. The van der Waals surface area contributed by atoms with Gasteiger partial charge in [-0.25, -0.2) is 18.7 Å². The lowest BCUT2D eigenvalue weighted by atomic mass is 9.80. The first-order chi connectivity index (χ1) is 22.2. The van der Waals surface area contributed by atoms with Gasteiger partial charge in [-0.1, -0.05) is 12.1 Å². The summed E-state index contributed by atoms with van der Waals surface area (Å²) in [4.78, 5) is 40.3. The normalized spacial score (nSPS) is 15.8. The van der Waals surface area contributed by atoms with Crippen molar-refractivity contribution in [3.05, 3.63) is 104 Å². The summed E-state index contributed by atoms with van der Waals surface area (Å²) in [7, 11) is 0. The van der Waals surface area contributed by atoms with E-state index < -0.39 is 22.9 Å². The van der Waals surface area contributed by atoms with Gasteiger partial charge in [-0.2, -0.15) is 4.98 Å². The molecule has 0 radical (unpaired) electrons. The van der Waals surface area contributed by atoms with Gasteiger partial charge in [0.1, 0.15) is 21.0 Å². The van der Waals surface area contributed by atoms with Crippen LogP contribution in [0.25, 0.3) is 28.0 Å². The van der Waals surface area contributed by atoms with E-state index in [2.05, 4.69) is 71.2 Å².